The molecule has 0 radical (unpaired) electrons. The van der Waals surface area contributed by atoms with Crippen molar-refractivity contribution >= 4 is 27.9 Å². The molecule has 0 N–H and O–H groups in total. The van der Waals surface area contributed by atoms with Gasteiger partial charge in [-0.05, 0) is 179 Å². The average molecular weight is 853 g/mol. The minimum Gasteiger partial charge on any atom is -0.0911 e. The molecule has 332 valence electrons. The number of rotatable bonds is 15. The van der Waals surface area contributed by atoms with E-state index in [0.717, 1.165) is 24.8 Å². The summed E-state index contributed by atoms with van der Waals surface area (Å²) in [7, 11) is 0. The van der Waals surface area contributed by atoms with E-state index in [0.29, 0.717) is 23.7 Å². The Kier molecular flexibility index (Phi) is 15.8. The second-order valence-electron chi connectivity index (χ2n) is 18.9. The molecule has 2 aliphatic carbocycles. The SMILES string of the molecule is C=C(/C=C(\C)c1ccccc1)c1ccccc1.CC/C=C(/c1ccc(-c2ccc3c(c2)C(c2ccccc2/C(C)=C(/C)Cc2ccccc2C(C)CCC)=C(C)C2CC32)cc1)[C@H](C)CC. The summed E-state index contributed by atoms with van der Waals surface area (Å²) in [6, 6.07) is 55.6. The topological polar surface area (TPSA) is 0 Å². The third kappa shape index (κ3) is 10.9. The predicted octanol–water partition coefficient (Wildman–Crippen LogP) is 18.9. The van der Waals surface area contributed by atoms with Crippen molar-refractivity contribution in [1.82, 2.24) is 0 Å². The van der Waals surface area contributed by atoms with Gasteiger partial charge in [0.1, 0.15) is 0 Å². The van der Waals surface area contributed by atoms with Gasteiger partial charge >= 0.3 is 0 Å². The lowest BCUT2D eigenvalue weighted by Gasteiger charge is -2.25. The van der Waals surface area contributed by atoms with Crippen molar-refractivity contribution in [2.45, 2.75) is 113 Å². The summed E-state index contributed by atoms with van der Waals surface area (Å²) in [5.74, 6) is 2.50. The summed E-state index contributed by atoms with van der Waals surface area (Å²) in [5.41, 5.74) is 24.8. The fraction of sp³-hybridized carbons (Fsp3) is 0.292. The van der Waals surface area contributed by atoms with E-state index < -0.39 is 0 Å². The second-order valence-corrected chi connectivity index (χ2v) is 18.9. The molecule has 4 atom stereocenters. The van der Waals surface area contributed by atoms with E-state index in [-0.39, 0.29) is 0 Å². The van der Waals surface area contributed by atoms with E-state index in [1.54, 1.807) is 5.57 Å². The zero-order valence-corrected chi connectivity index (χ0v) is 40.8. The summed E-state index contributed by atoms with van der Waals surface area (Å²) < 4.78 is 0. The van der Waals surface area contributed by atoms with Crippen molar-refractivity contribution in [3.8, 4) is 11.1 Å². The number of allylic oxidation sites excluding steroid dienone is 8. The van der Waals surface area contributed by atoms with Crippen molar-refractivity contribution in [3.63, 3.8) is 0 Å². The molecule has 0 aliphatic heterocycles. The third-order valence-corrected chi connectivity index (χ3v) is 14.4. The van der Waals surface area contributed by atoms with Gasteiger partial charge in [-0.2, -0.15) is 0 Å². The van der Waals surface area contributed by atoms with Gasteiger partial charge < -0.3 is 0 Å². The molecule has 0 nitrogen and oxygen atoms in total. The lowest BCUT2D eigenvalue weighted by Crippen LogP contribution is -2.07. The Labute approximate surface area is 393 Å². The van der Waals surface area contributed by atoms with Crippen LogP contribution in [-0.4, -0.2) is 0 Å². The maximum absolute atomic E-state index is 4.11. The molecule has 0 saturated heterocycles. The number of hydrogen-bond acceptors (Lipinski definition) is 0. The highest BCUT2D eigenvalue weighted by Crippen LogP contribution is 2.60. The first-order chi connectivity index (χ1) is 31.5. The average Bonchev–Trinajstić information content (AvgIpc) is 4.16. The Bertz CT molecular complexity index is 2690. The van der Waals surface area contributed by atoms with Crippen molar-refractivity contribution in [2.24, 2.45) is 11.8 Å². The molecule has 0 spiro atoms. The van der Waals surface area contributed by atoms with Crippen LogP contribution in [0.2, 0.25) is 0 Å². The Balaban J connectivity index is 0.000000310. The molecule has 0 heterocycles. The molecule has 0 heteroatoms. The summed E-state index contributed by atoms with van der Waals surface area (Å²) in [4.78, 5) is 0. The van der Waals surface area contributed by atoms with Crippen LogP contribution in [-0.2, 0) is 6.42 Å². The smallest absolute Gasteiger partial charge is 0.00611 e. The van der Waals surface area contributed by atoms with Crippen LogP contribution in [0.4, 0.5) is 0 Å². The van der Waals surface area contributed by atoms with E-state index in [4.69, 9.17) is 0 Å². The third-order valence-electron chi connectivity index (χ3n) is 14.4. The normalized spacial score (nSPS) is 16.9. The standard InChI is InChI=1S/C48H56.C17H16/c1-9-16-32(5)41-19-13-12-18-39(41)28-33(6)34(7)42-20-14-15-21-44(42)48-35(8)45-30-46(45)43-27-26-38(29-47(43)48)36-22-24-37(25-23-36)40(17-10-2)31(4)11-3;1-14(16-9-5-3-6-10-16)13-15(2)17-11-7-4-8-12-17/h12-15,17-27,29,31-32,45-46H,9-11,16,28,30H2,1-8H3;3-13H,1H2,2H3/b34-33-,40-17+;15-13+/t31-,32?,45?,46?;/m1./s1. The number of benzene rings is 6. The number of hydrogen-bond donors (Lipinski definition) is 0. The van der Waals surface area contributed by atoms with Crippen molar-refractivity contribution in [1.29, 1.82) is 0 Å². The van der Waals surface area contributed by atoms with Gasteiger partial charge in [-0.1, -0.05) is 217 Å². The molecule has 6 aromatic carbocycles. The highest BCUT2D eigenvalue weighted by atomic mass is 14.5. The molecule has 1 saturated carbocycles. The minimum absolute atomic E-state index is 0.572. The second kappa shape index (κ2) is 21.8. The van der Waals surface area contributed by atoms with Gasteiger partial charge in [0.15, 0.2) is 0 Å². The number of fused-ring (bicyclic) bond motifs is 3. The van der Waals surface area contributed by atoms with Gasteiger partial charge in [-0.3, -0.25) is 0 Å². The van der Waals surface area contributed by atoms with E-state index in [1.807, 2.05) is 24.3 Å². The minimum atomic E-state index is 0.572. The van der Waals surface area contributed by atoms with Crippen LogP contribution in [0, 0.1) is 11.8 Å². The van der Waals surface area contributed by atoms with Gasteiger partial charge in [0.05, 0.1) is 0 Å². The lowest BCUT2D eigenvalue weighted by molar-refractivity contribution is 0.659. The molecule has 0 aromatic heterocycles. The Hall–Kier alpha value is -5.98. The molecular formula is C65H72. The summed E-state index contributed by atoms with van der Waals surface area (Å²) in [6.07, 6.45) is 11.5. The quantitative estimate of drug-likeness (QED) is 0.0903. The molecular weight excluding hydrogens is 781 g/mol. The summed E-state index contributed by atoms with van der Waals surface area (Å²) in [5, 5.41) is 0. The Morgan fingerprint density at radius 1 is 0.662 bits per heavy atom. The molecule has 6 aromatic rings. The van der Waals surface area contributed by atoms with Crippen molar-refractivity contribution in [2.75, 3.05) is 0 Å². The monoisotopic (exact) mass is 853 g/mol. The van der Waals surface area contributed by atoms with Gasteiger partial charge in [0.2, 0.25) is 0 Å². The maximum Gasteiger partial charge on any atom is -0.00611 e. The Morgan fingerprint density at radius 3 is 1.97 bits per heavy atom. The molecule has 0 bridgehead atoms. The molecule has 65 heavy (non-hydrogen) atoms. The van der Waals surface area contributed by atoms with Gasteiger partial charge in [-0.25, -0.2) is 0 Å². The van der Waals surface area contributed by atoms with E-state index in [2.05, 4.69) is 208 Å². The van der Waals surface area contributed by atoms with Gasteiger partial charge in [0, 0.05) is 0 Å². The van der Waals surface area contributed by atoms with E-state index in [9.17, 15) is 0 Å². The fourth-order valence-corrected chi connectivity index (χ4v) is 10.2. The van der Waals surface area contributed by atoms with Crippen LogP contribution in [0.25, 0.3) is 39.0 Å². The summed E-state index contributed by atoms with van der Waals surface area (Å²) in [6.45, 7) is 24.9. The molecule has 8 rings (SSSR count). The Morgan fingerprint density at radius 2 is 1.29 bits per heavy atom. The highest BCUT2D eigenvalue weighted by molar-refractivity contribution is 5.93. The molecule has 3 unspecified atom stereocenters. The summed E-state index contributed by atoms with van der Waals surface area (Å²) >= 11 is 0. The van der Waals surface area contributed by atoms with Crippen molar-refractivity contribution < 1.29 is 0 Å². The van der Waals surface area contributed by atoms with Crippen molar-refractivity contribution in [3.05, 3.63) is 232 Å². The lowest BCUT2D eigenvalue weighted by atomic mass is 9.79. The first-order valence-corrected chi connectivity index (χ1v) is 24.5. The molecule has 2 aliphatic rings. The zero-order chi connectivity index (χ0) is 46.0. The highest BCUT2D eigenvalue weighted by Gasteiger charge is 2.45. The van der Waals surface area contributed by atoms with Crippen LogP contribution in [0.15, 0.2) is 182 Å². The van der Waals surface area contributed by atoms with Crippen LogP contribution >= 0.6 is 0 Å². The van der Waals surface area contributed by atoms with Crippen LogP contribution in [0.5, 0.6) is 0 Å². The van der Waals surface area contributed by atoms with Crippen LogP contribution in [0.1, 0.15) is 156 Å². The first kappa shape index (κ1) is 47.0. The van der Waals surface area contributed by atoms with Crippen LogP contribution < -0.4 is 0 Å². The van der Waals surface area contributed by atoms with Crippen LogP contribution in [0.3, 0.4) is 0 Å². The maximum atomic E-state index is 4.11. The molecule has 1 fully saturated rings. The van der Waals surface area contributed by atoms with E-state index in [1.165, 1.54) is 108 Å². The fourth-order valence-electron chi connectivity index (χ4n) is 10.2. The first-order valence-electron chi connectivity index (χ1n) is 24.5. The largest absolute Gasteiger partial charge is 0.0911 e. The predicted molar refractivity (Wildman–Crippen MR) is 286 cm³/mol. The zero-order valence-electron chi connectivity index (χ0n) is 40.8. The molecule has 0 amide bonds. The van der Waals surface area contributed by atoms with E-state index >= 15 is 0 Å². The van der Waals surface area contributed by atoms with Gasteiger partial charge in [0.25, 0.3) is 0 Å². The van der Waals surface area contributed by atoms with Gasteiger partial charge in [-0.15, -0.1) is 0 Å².